The van der Waals surface area contributed by atoms with Gasteiger partial charge in [0.2, 0.25) is 5.58 Å². The van der Waals surface area contributed by atoms with E-state index in [9.17, 15) is 20.0 Å². The van der Waals surface area contributed by atoms with Gasteiger partial charge in [0.1, 0.15) is 11.3 Å². The number of benzene rings is 1. The first kappa shape index (κ1) is 12.8. The second-order valence-corrected chi connectivity index (χ2v) is 4.24. The van der Waals surface area contributed by atoms with Crippen LogP contribution in [0.1, 0.15) is 0 Å². The van der Waals surface area contributed by atoms with Crippen molar-refractivity contribution in [2.24, 2.45) is 0 Å². The van der Waals surface area contributed by atoms with Gasteiger partial charge < -0.3 is 9.52 Å². The number of aromatic hydroxyl groups is 1. The first-order valence-corrected chi connectivity index (χ1v) is 5.94. The Hall–Kier alpha value is -3.22. The van der Waals surface area contributed by atoms with E-state index in [-0.39, 0.29) is 33.7 Å². The molecule has 7 nitrogen and oxygen atoms in total. The average Bonchev–Trinajstić information content (AvgIpc) is 2.47. The highest BCUT2D eigenvalue weighted by Gasteiger charge is 2.22. The Morgan fingerprint density at radius 1 is 1.19 bits per heavy atom. The number of rotatable bonds is 2. The third-order valence-corrected chi connectivity index (χ3v) is 3.00. The summed E-state index contributed by atoms with van der Waals surface area (Å²) in [4.78, 5) is 26.3. The Labute approximate surface area is 117 Å². The van der Waals surface area contributed by atoms with Crippen LogP contribution in [-0.4, -0.2) is 15.0 Å². The molecular formula is C14H8N2O5. The summed E-state index contributed by atoms with van der Waals surface area (Å²) >= 11 is 0. The fourth-order valence-corrected chi connectivity index (χ4v) is 2.07. The van der Waals surface area contributed by atoms with Crippen LogP contribution in [0.15, 0.2) is 51.8 Å². The normalized spacial score (nSPS) is 10.7. The van der Waals surface area contributed by atoms with E-state index >= 15 is 0 Å². The summed E-state index contributed by atoms with van der Waals surface area (Å²) in [7, 11) is 0. The first-order chi connectivity index (χ1) is 10.1. The van der Waals surface area contributed by atoms with Crippen LogP contribution in [0.4, 0.5) is 5.69 Å². The molecule has 1 aromatic carbocycles. The van der Waals surface area contributed by atoms with Crippen molar-refractivity contribution in [3.8, 4) is 17.0 Å². The molecule has 0 aliphatic carbocycles. The predicted molar refractivity (Wildman–Crippen MR) is 74.0 cm³/mol. The monoisotopic (exact) mass is 284 g/mol. The lowest BCUT2D eigenvalue weighted by Gasteiger charge is -2.05. The number of fused-ring (bicyclic) bond motifs is 1. The Morgan fingerprint density at radius 3 is 2.67 bits per heavy atom. The molecule has 21 heavy (non-hydrogen) atoms. The first-order valence-electron chi connectivity index (χ1n) is 5.94. The second-order valence-electron chi connectivity index (χ2n) is 4.24. The van der Waals surface area contributed by atoms with Gasteiger partial charge in [-0.05, 0) is 18.2 Å². The summed E-state index contributed by atoms with van der Waals surface area (Å²) in [6.07, 6.45) is 1.46. The second kappa shape index (κ2) is 4.71. The zero-order chi connectivity index (χ0) is 15.0. The fraction of sp³-hybridized carbons (Fsp3) is 0. The van der Waals surface area contributed by atoms with E-state index in [1.807, 2.05) is 0 Å². The molecule has 0 atom stereocenters. The summed E-state index contributed by atoms with van der Waals surface area (Å²) < 4.78 is 5.02. The number of aromatic nitrogens is 1. The van der Waals surface area contributed by atoms with E-state index in [0.717, 1.165) is 0 Å². The minimum Gasteiger partial charge on any atom is -0.506 e. The fourth-order valence-electron chi connectivity index (χ4n) is 2.07. The highest BCUT2D eigenvalue weighted by Crippen LogP contribution is 2.35. The highest BCUT2D eigenvalue weighted by atomic mass is 16.6. The van der Waals surface area contributed by atoms with Crippen LogP contribution >= 0.6 is 0 Å². The van der Waals surface area contributed by atoms with E-state index in [0.29, 0.717) is 0 Å². The zero-order valence-corrected chi connectivity index (χ0v) is 10.5. The highest BCUT2D eigenvalue weighted by molar-refractivity contribution is 5.94. The van der Waals surface area contributed by atoms with Gasteiger partial charge in [0.05, 0.1) is 16.0 Å². The maximum absolute atomic E-state index is 12.0. The van der Waals surface area contributed by atoms with E-state index < -0.39 is 10.5 Å². The number of para-hydroxylation sites is 1. The van der Waals surface area contributed by atoms with Crippen LogP contribution in [0.25, 0.3) is 22.2 Å². The van der Waals surface area contributed by atoms with Gasteiger partial charge in [-0.15, -0.1) is 0 Å². The van der Waals surface area contributed by atoms with Gasteiger partial charge in [0.15, 0.2) is 0 Å². The number of hydrogen-bond acceptors (Lipinski definition) is 6. The molecule has 2 heterocycles. The van der Waals surface area contributed by atoms with Gasteiger partial charge in [-0.3, -0.25) is 15.1 Å². The molecule has 3 aromatic rings. The number of hydrogen-bond donors (Lipinski definition) is 1. The molecule has 0 aliphatic rings. The molecule has 2 aromatic heterocycles. The molecule has 0 saturated heterocycles. The van der Waals surface area contributed by atoms with Gasteiger partial charge >= 0.3 is 11.3 Å². The minimum absolute atomic E-state index is 0.0875. The largest absolute Gasteiger partial charge is 0.506 e. The van der Waals surface area contributed by atoms with Crippen molar-refractivity contribution in [3.63, 3.8) is 0 Å². The molecule has 104 valence electrons. The summed E-state index contributed by atoms with van der Waals surface area (Å²) in [5.41, 5.74) is -1.41. The predicted octanol–water partition coefficient (Wildman–Crippen LogP) is 2.47. The molecule has 7 heteroatoms. The van der Waals surface area contributed by atoms with Crippen molar-refractivity contribution in [3.05, 3.63) is 63.1 Å². The Bertz CT molecular complexity index is 902. The SMILES string of the molecule is O=c1oc2c([N+](=O)[O-])cccc2c(O)c1-c1ccccn1. The molecule has 0 aliphatic heterocycles. The lowest BCUT2D eigenvalue weighted by Crippen LogP contribution is -2.05. The summed E-state index contributed by atoms with van der Waals surface area (Å²) in [6.45, 7) is 0. The molecule has 0 bridgehead atoms. The van der Waals surface area contributed by atoms with Gasteiger partial charge in [-0.1, -0.05) is 12.1 Å². The topological polar surface area (TPSA) is 106 Å². The van der Waals surface area contributed by atoms with Gasteiger partial charge in [0.25, 0.3) is 0 Å². The van der Waals surface area contributed by atoms with Crippen LogP contribution in [0.5, 0.6) is 5.75 Å². The van der Waals surface area contributed by atoms with Crippen molar-refractivity contribution < 1.29 is 14.4 Å². The molecule has 1 N–H and O–H groups in total. The smallest absolute Gasteiger partial charge is 0.349 e. The molecule has 0 radical (unpaired) electrons. The maximum Gasteiger partial charge on any atom is 0.349 e. The number of nitro benzene ring substituents is 1. The quantitative estimate of drug-likeness (QED) is 0.440. The van der Waals surface area contributed by atoms with Crippen molar-refractivity contribution in [2.75, 3.05) is 0 Å². The third kappa shape index (κ3) is 2.00. The van der Waals surface area contributed by atoms with E-state index in [2.05, 4.69) is 4.98 Å². The minimum atomic E-state index is -0.881. The van der Waals surface area contributed by atoms with Crippen molar-refractivity contribution in [1.29, 1.82) is 0 Å². The van der Waals surface area contributed by atoms with Crippen LogP contribution in [0.3, 0.4) is 0 Å². The Balaban J connectivity index is 2.41. The van der Waals surface area contributed by atoms with E-state index in [1.165, 1.54) is 30.5 Å². The van der Waals surface area contributed by atoms with E-state index in [1.54, 1.807) is 12.1 Å². The van der Waals surface area contributed by atoms with Crippen LogP contribution in [-0.2, 0) is 0 Å². The Kier molecular flexibility index (Phi) is 2.87. The Morgan fingerprint density at radius 2 is 2.00 bits per heavy atom. The molecule has 0 saturated carbocycles. The molecular weight excluding hydrogens is 276 g/mol. The van der Waals surface area contributed by atoms with Crippen LogP contribution in [0.2, 0.25) is 0 Å². The number of nitro groups is 1. The van der Waals surface area contributed by atoms with Gasteiger partial charge in [-0.2, -0.15) is 0 Å². The molecule has 0 unspecified atom stereocenters. The van der Waals surface area contributed by atoms with Crippen molar-refractivity contribution in [2.45, 2.75) is 0 Å². The standard InChI is InChI=1S/C14H8N2O5/c17-12-8-4-3-6-10(16(19)20)13(8)21-14(18)11(12)9-5-1-2-7-15-9/h1-7,17H. The summed E-state index contributed by atoms with van der Waals surface area (Å²) in [5, 5.41) is 21.3. The van der Waals surface area contributed by atoms with Crippen LogP contribution < -0.4 is 5.63 Å². The summed E-state index contributed by atoms with van der Waals surface area (Å²) in [6, 6.07) is 8.89. The number of nitrogens with zero attached hydrogens (tertiary/aromatic N) is 2. The maximum atomic E-state index is 12.0. The molecule has 0 spiro atoms. The third-order valence-electron chi connectivity index (χ3n) is 3.00. The van der Waals surface area contributed by atoms with Crippen LogP contribution in [0, 0.1) is 10.1 Å². The lowest BCUT2D eigenvalue weighted by molar-refractivity contribution is -0.383. The zero-order valence-electron chi connectivity index (χ0n) is 10.5. The molecule has 3 rings (SSSR count). The van der Waals surface area contributed by atoms with Gasteiger partial charge in [-0.25, -0.2) is 4.79 Å². The molecule has 0 amide bonds. The van der Waals surface area contributed by atoms with Crippen molar-refractivity contribution in [1.82, 2.24) is 4.98 Å². The van der Waals surface area contributed by atoms with E-state index in [4.69, 9.17) is 4.42 Å². The van der Waals surface area contributed by atoms with Gasteiger partial charge in [0, 0.05) is 12.3 Å². The number of pyridine rings is 1. The molecule has 0 fully saturated rings. The average molecular weight is 284 g/mol. The lowest BCUT2D eigenvalue weighted by atomic mass is 10.1. The number of non-ortho nitro benzene ring substituents is 1. The summed E-state index contributed by atoms with van der Waals surface area (Å²) in [5.74, 6) is -0.386. The van der Waals surface area contributed by atoms with Crippen molar-refractivity contribution >= 4 is 16.7 Å².